The molecule has 17 nitrogen and oxygen atoms in total. The number of halogens is 1. The highest BCUT2D eigenvalue weighted by atomic mass is 35.5. The number of nitrogens with zero attached hydrogens (tertiary/aromatic N) is 6. The van der Waals surface area contributed by atoms with Gasteiger partial charge in [0.15, 0.2) is 0 Å². The topological polar surface area (TPSA) is 204 Å². The van der Waals surface area contributed by atoms with Crippen LogP contribution in [0.2, 0.25) is 0 Å². The number of rotatable bonds is 12. The number of carboxylic acids is 1. The summed E-state index contributed by atoms with van der Waals surface area (Å²) in [7, 11) is 0. The molecule has 2 unspecified atom stereocenters. The number of carbonyl (C=O) groups is 2. The van der Waals surface area contributed by atoms with E-state index in [0.717, 1.165) is 103 Å². The molecule has 1 amide bonds. The molecule has 390 valence electrons. The third kappa shape index (κ3) is 12.0. The van der Waals surface area contributed by atoms with Crippen molar-refractivity contribution in [3.05, 3.63) is 160 Å². The van der Waals surface area contributed by atoms with Gasteiger partial charge in [-0.15, -0.1) is 22.7 Å². The zero-order valence-corrected chi connectivity index (χ0v) is 45.3. The van der Waals surface area contributed by atoms with E-state index in [1.54, 1.807) is 41.1 Å². The number of nitrogens with one attached hydrogen (secondary N) is 4. The molecule has 2 aliphatic heterocycles. The van der Waals surface area contributed by atoms with Gasteiger partial charge in [-0.3, -0.25) is 24.2 Å². The standard InChI is InChI=1S/C27H31N5O3S.C19H21N3O3S.C8H11ClN2O/c1-16-11-17(2)30-26(34)23(16)14-29-25(33)22-13-21-12-20(27-28-5-10-36-27)15-32(21)24(18(22)3)19(4)31-6-8-35-9-7-31;1-12-16(19(23)24)10-15-9-14(18-20-3-8-26-18)11-22(15)17(12)13(2)21-4-6-25-7-5-21;1-5-3-6(2)11-8(12)7(5)4-10-9/h5,10-13,15,19H,6-9,14H2,1-4H3,(H,29,33)(H,30,34);3,8-11,13H,4-7H2,1-2H3,(H,23,24);3,10H,4H2,1-2H3,(H,11,12). The van der Waals surface area contributed by atoms with Crippen molar-refractivity contribution in [2.75, 3.05) is 52.6 Å². The number of amides is 1. The van der Waals surface area contributed by atoms with Gasteiger partial charge in [-0.05, 0) is 126 Å². The van der Waals surface area contributed by atoms with Crippen molar-refractivity contribution in [3.8, 4) is 21.1 Å². The van der Waals surface area contributed by atoms with Gasteiger partial charge in [0, 0.05) is 149 Å². The zero-order valence-electron chi connectivity index (χ0n) is 42.9. The molecule has 0 spiro atoms. The number of aromatic amines is 2. The van der Waals surface area contributed by atoms with Crippen LogP contribution in [0, 0.1) is 41.5 Å². The lowest BCUT2D eigenvalue weighted by Gasteiger charge is -2.34. The third-order valence-electron chi connectivity index (χ3n) is 13.8. The predicted molar refractivity (Wildman–Crippen MR) is 292 cm³/mol. The fraction of sp³-hybridized carbons (Fsp3) is 0.370. The van der Waals surface area contributed by atoms with Crippen LogP contribution in [0.25, 0.3) is 32.2 Å². The Bertz CT molecular complexity index is 3390. The van der Waals surface area contributed by atoms with E-state index in [9.17, 15) is 24.3 Å². The third-order valence-corrected chi connectivity index (χ3v) is 15.6. The van der Waals surface area contributed by atoms with E-state index in [0.29, 0.717) is 55.2 Å². The van der Waals surface area contributed by atoms with E-state index in [1.165, 1.54) is 0 Å². The normalized spacial score (nSPS) is 15.0. The van der Waals surface area contributed by atoms with Crippen molar-refractivity contribution < 1.29 is 24.2 Å². The quantitative estimate of drug-likeness (QED) is 0.0730. The lowest BCUT2D eigenvalue weighted by atomic mass is 10.0. The second kappa shape index (κ2) is 23.9. The summed E-state index contributed by atoms with van der Waals surface area (Å²) in [6.07, 6.45) is 7.77. The lowest BCUT2D eigenvalue weighted by molar-refractivity contribution is 0.0186. The maximum atomic E-state index is 13.5. The summed E-state index contributed by atoms with van der Waals surface area (Å²) >= 11 is 8.49. The minimum atomic E-state index is -0.891. The number of aryl methyl sites for hydroxylation is 4. The molecule has 74 heavy (non-hydrogen) atoms. The Hall–Kier alpha value is -6.29. The molecule has 2 fully saturated rings. The highest BCUT2D eigenvalue weighted by molar-refractivity contribution is 7.13. The molecular formula is C54H63ClN10O7S2. The van der Waals surface area contributed by atoms with Crippen LogP contribution in [0.4, 0.5) is 0 Å². The van der Waals surface area contributed by atoms with E-state index in [1.807, 2.05) is 76.6 Å². The Balaban J connectivity index is 0.000000167. The number of carboxylic acid groups (broad SMARTS) is 1. The molecule has 20 heteroatoms. The van der Waals surface area contributed by atoms with Gasteiger partial charge in [-0.1, -0.05) is 0 Å². The number of fused-ring (bicyclic) bond motifs is 2. The Labute approximate surface area is 442 Å². The van der Waals surface area contributed by atoms with Crippen LogP contribution in [0.5, 0.6) is 0 Å². The van der Waals surface area contributed by atoms with Gasteiger partial charge in [0.05, 0.1) is 32.0 Å². The van der Waals surface area contributed by atoms with Gasteiger partial charge < -0.3 is 38.7 Å². The van der Waals surface area contributed by atoms with Gasteiger partial charge >= 0.3 is 5.97 Å². The van der Waals surface area contributed by atoms with Crippen molar-refractivity contribution in [1.29, 1.82) is 0 Å². The molecule has 10 heterocycles. The minimum Gasteiger partial charge on any atom is -0.478 e. The zero-order chi connectivity index (χ0) is 52.8. The fourth-order valence-electron chi connectivity index (χ4n) is 10.0. The first-order chi connectivity index (χ1) is 35.5. The van der Waals surface area contributed by atoms with Gasteiger partial charge in [0.2, 0.25) is 0 Å². The van der Waals surface area contributed by atoms with Crippen LogP contribution in [-0.4, -0.2) is 108 Å². The predicted octanol–water partition coefficient (Wildman–Crippen LogP) is 8.70. The molecular weight excluding hydrogens is 1000 g/mol. The number of aromatic nitrogens is 6. The Morgan fingerprint density at radius 1 is 0.676 bits per heavy atom. The molecule has 0 saturated carbocycles. The van der Waals surface area contributed by atoms with Crippen LogP contribution < -0.4 is 21.3 Å². The maximum Gasteiger partial charge on any atom is 0.336 e. The number of hydrogen-bond acceptors (Lipinski definition) is 13. The maximum absolute atomic E-state index is 13.5. The number of hydrogen-bond donors (Lipinski definition) is 5. The highest BCUT2D eigenvalue weighted by Crippen LogP contribution is 2.34. The number of thiazole rings is 2. The summed E-state index contributed by atoms with van der Waals surface area (Å²) in [5.74, 6) is -1.08. The van der Waals surface area contributed by atoms with Crippen molar-refractivity contribution in [3.63, 3.8) is 0 Å². The smallest absolute Gasteiger partial charge is 0.336 e. The van der Waals surface area contributed by atoms with E-state index in [-0.39, 0.29) is 35.7 Å². The summed E-state index contributed by atoms with van der Waals surface area (Å²) in [5, 5.41) is 18.5. The Morgan fingerprint density at radius 3 is 1.51 bits per heavy atom. The summed E-state index contributed by atoms with van der Waals surface area (Å²) in [4.78, 5) is 70.6. The largest absolute Gasteiger partial charge is 0.478 e. The molecule has 8 aromatic rings. The Kier molecular flexibility index (Phi) is 17.5. The van der Waals surface area contributed by atoms with E-state index in [4.69, 9.17) is 21.3 Å². The van der Waals surface area contributed by atoms with Crippen LogP contribution in [-0.2, 0) is 22.6 Å². The molecule has 2 aliphatic rings. The first kappa shape index (κ1) is 54.0. The first-order valence-electron chi connectivity index (χ1n) is 24.5. The van der Waals surface area contributed by atoms with E-state index >= 15 is 0 Å². The minimum absolute atomic E-state index is 0.0688. The number of H-pyrrole nitrogens is 2. The van der Waals surface area contributed by atoms with Crippen molar-refractivity contribution in [2.24, 2.45) is 0 Å². The molecule has 0 aliphatic carbocycles. The van der Waals surface area contributed by atoms with Crippen molar-refractivity contribution >= 4 is 57.4 Å². The molecule has 0 bridgehead atoms. The van der Waals surface area contributed by atoms with Gasteiger partial charge in [0.1, 0.15) is 10.0 Å². The van der Waals surface area contributed by atoms with Gasteiger partial charge in [0.25, 0.3) is 17.0 Å². The number of ether oxygens (including phenoxy) is 2. The van der Waals surface area contributed by atoms with Crippen LogP contribution in [0.1, 0.15) is 103 Å². The lowest BCUT2D eigenvalue weighted by Crippen LogP contribution is -2.39. The molecule has 2 saturated heterocycles. The number of carbonyl (C=O) groups excluding carboxylic acids is 1. The van der Waals surface area contributed by atoms with Crippen LogP contribution in [0.3, 0.4) is 0 Å². The fourth-order valence-corrected chi connectivity index (χ4v) is 11.4. The van der Waals surface area contributed by atoms with Gasteiger partial charge in [-0.2, -0.15) is 0 Å². The first-order valence-corrected chi connectivity index (χ1v) is 26.7. The van der Waals surface area contributed by atoms with E-state index in [2.05, 4.69) is 81.0 Å². The SMILES string of the molecule is Cc1c(C(=O)O)cc2cc(-c3nccs3)cn2c1C(C)N1CCOCC1.Cc1cc(C)c(CNC(=O)c2cc3cc(-c4nccs4)cn3c(C(C)N3CCOCC3)c2C)c(=O)[nH]1.Cc1cc(C)c(CNCl)c(=O)[nH]1. The molecule has 0 aromatic carbocycles. The number of morpholine rings is 2. The molecule has 2 atom stereocenters. The summed E-state index contributed by atoms with van der Waals surface area (Å²) in [6.45, 7) is 22.5. The molecule has 5 N–H and O–H groups in total. The molecule has 10 rings (SSSR count). The molecule has 0 radical (unpaired) electrons. The van der Waals surface area contributed by atoms with Gasteiger partial charge in [-0.25, -0.2) is 19.6 Å². The van der Waals surface area contributed by atoms with E-state index < -0.39 is 5.97 Å². The van der Waals surface area contributed by atoms with Crippen molar-refractivity contribution in [2.45, 2.75) is 80.6 Å². The average Bonchev–Trinajstić information content (AvgIpc) is 4.24. The summed E-state index contributed by atoms with van der Waals surface area (Å²) in [5.41, 5.74) is 13.2. The molecule has 8 aromatic heterocycles. The van der Waals surface area contributed by atoms with Crippen molar-refractivity contribution in [1.82, 2.24) is 48.7 Å². The summed E-state index contributed by atoms with van der Waals surface area (Å²) in [6, 6.07) is 11.8. The summed E-state index contributed by atoms with van der Waals surface area (Å²) < 4.78 is 15.4. The van der Waals surface area contributed by atoms with Crippen LogP contribution in [0.15, 0.2) is 81.5 Å². The average molecular weight is 1060 g/mol. The second-order valence-corrected chi connectivity index (χ2v) is 20.7. The number of aromatic carboxylic acids is 1. The van der Waals surface area contributed by atoms with Crippen LogP contribution >= 0.6 is 34.5 Å². The highest BCUT2D eigenvalue weighted by Gasteiger charge is 2.28. The second-order valence-electron chi connectivity index (χ2n) is 18.7. The monoisotopic (exact) mass is 1060 g/mol. The Morgan fingerprint density at radius 2 is 1.11 bits per heavy atom. The number of pyridine rings is 4.